The first-order chi connectivity index (χ1) is 9.20. The highest BCUT2D eigenvalue weighted by Crippen LogP contribution is 2.28. The first-order valence-corrected chi connectivity index (χ1v) is 7.78. The van der Waals surface area contributed by atoms with Gasteiger partial charge in [0.05, 0.1) is 0 Å². The molecule has 1 aromatic carbocycles. The standard InChI is InChI=1S/C17H28N2/c1-4-18-15(3)7-5-11-19-12-6-8-16-13-14(2)9-10-17(16)19/h9-10,13,15,18H,4-8,11-12H2,1-3H3. The van der Waals surface area contributed by atoms with Crippen molar-refractivity contribution in [1.82, 2.24) is 5.32 Å². The molecule has 0 bridgehead atoms. The number of nitrogens with zero attached hydrogens (tertiary/aromatic N) is 1. The van der Waals surface area contributed by atoms with E-state index in [0.717, 1.165) is 6.54 Å². The van der Waals surface area contributed by atoms with Crippen LogP contribution in [0.3, 0.4) is 0 Å². The van der Waals surface area contributed by atoms with E-state index in [2.05, 4.69) is 49.2 Å². The van der Waals surface area contributed by atoms with Gasteiger partial charge in [-0.15, -0.1) is 0 Å². The maximum Gasteiger partial charge on any atom is 0.0398 e. The number of fused-ring (bicyclic) bond motifs is 1. The Morgan fingerprint density at radius 2 is 2.21 bits per heavy atom. The Bertz CT molecular complexity index is 400. The number of hydrogen-bond acceptors (Lipinski definition) is 2. The Balaban J connectivity index is 1.89. The van der Waals surface area contributed by atoms with Crippen molar-refractivity contribution in [2.75, 3.05) is 24.5 Å². The summed E-state index contributed by atoms with van der Waals surface area (Å²) in [5.41, 5.74) is 4.42. The van der Waals surface area contributed by atoms with Gasteiger partial charge in [0.1, 0.15) is 0 Å². The second-order valence-electron chi connectivity index (χ2n) is 5.82. The molecule has 2 rings (SSSR count). The molecule has 2 nitrogen and oxygen atoms in total. The van der Waals surface area contributed by atoms with Gasteiger partial charge in [-0.3, -0.25) is 0 Å². The lowest BCUT2D eigenvalue weighted by atomic mass is 9.99. The van der Waals surface area contributed by atoms with Gasteiger partial charge in [0.25, 0.3) is 0 Å². The predicted molar refractivity (Wildman–Crippen MR) is 84.1 cm³/mol. The van der Waals surface area contributed by atoms with Gasteiger partial charge in [-0.2, -0.15) is 0 Å². The van der Waals surface area contributed by atoms with Gasteiger partial charge in [0, 0.05) is 24.8 Å². The Morgan fingerprint density at radius 1 is 1.37 bits per heavy atom. The lowest BCUT2D eigenvalue weighted by Crippen LogP contribution is -2.32. The summed E-state index contributed by atoms with van der Waals surface area (Å²) in [6, 6.07) is 7.57. The fraction of sp³-hybridized carbons (Fsp3) is 0.647. The Morgan fingerprint density at radius 3 is 3.00 bits per heavy atom. The van der Waals surface area contributed by atoms with Gasteiger partial charge >= 0.3 is 0 Å². The van der Waals surface area contributed by atoms with Gasteiger partial charge in [-0.1, -0.05) is 24.6 Å². The van der Waals surface area contributed by atoms with E-state index in [-0.39, 0.29) is 0 Å². The summed E-state index contributed by atoms with van der Waals surface area (Å²) < 4.78 is 0. The third-order valence-corrected chi connectivity index (χ3v) is 4.07. The van der Waals surface area contributed by atoms with Crippen molar-refractivity contribution < 1.29 is 0 Å². The highest BCUT2D eigenvalue weighted by Gasteiger charge is 2.16. The Kier molecular flexibility index (Phi) is 5.26. The zero-order valence-electron chi connectivity index (χ0n) is 12.7. The molecule has 0 spiro atoms. The Labute approximate surface area is 118 Å². The number of nitrogens with one attached hydrogen (secondary N) is 1. The molecule has 0 amide bonds. The fourth-order valence-electron chi connectivity index (χ4n) is 3.07. The van der Waals surface area contributed by atoms with Crippen molar-refractivity contribution in [1.29, 1.82) is 0 Å². The van der Waals surface area contributed by atoms with Crippen LogP contribution in [0.2, 0.25) is 0 Å². The SMILES string of the molecule is CCNC(C)CCCN1CCCc2cc(C)ccc21. The van der Waals surface area contributed by atoms with Crippen LogP contribution in [0.5, 0.6) is 0 Å². The largest absolute Gasteiger partial charge is 0.371 e. The molecule has 1 atom stereocenters. The highest BCUT2D eigenvalue weighted by atomic mass is 15.1. The molecule has 0 fully saturated rings. The summed E-state index contributed by atoms with van der Waals surface area (Å²) in [5, 5.41) is 3.49. The highest BCUT2D eigenvalue weighted by molar-refractivity contribution is 5.56. The number of benzene rings is 1. The predicted octanol–water partition coefficient (Wildman–Crippen LogP) is 3.53. The molecule has 1 unspecified atom stereocenters. The first-order valence-electron chi connectivity index (χ1n) is 7.78. The molecule has 2 heteroatoms. The average Bonchev–Trinajstić information content (AvgIpc) is 2.39. The van der Waals surface area contributed by atoms with Crippen molar-refractivity contribution >= 4 is 5.69 Å². The van der Waals surface area contributed by atoms with Crippen LogP contribution < -0.4 is 10.2 Å². The maximum absolute atomic E-state index is 3.49. The van der Waals surface area contributed by atoms with E-state index in [1.165, 1.54) is 50.0 Å². The minimum Gasteiger partial charge on any atom is -0.371 e. The van der Waals surface area contributed by atoms with Gasteiger partial charge in [-0.25, -0.2) is 0 Å². The summed E-state index contributed by atoms with van der Waals surface area (Å²) >= 11 is 0. The summed E-state index contributed by atoms with van der Waals surface area (Å²) in [6.45, 7) is 10.2. The van der Waals surface area contributed by atoms with Crippen LogP contribution in [0.1, 0.15) is 44.2 Å². The monoisotopic (exact) mass is 260 g/mol. The molecule has 1 aliphatic rings. The Hall–Kier alpha value is -1.02. The lowest BCUT2D eigenvalue weighted by molar-refractivity contribution is 0.507. The van der Waals surface area contributed by atoms with E-state index in [1.54, 1.807) is 5.56 Å². The van der Waals surface area contributed by atoms with E-state index in [9.17, 15) is 0 Å². The molecule has 0 saturated carbocycles. The molecule has 106 valence electrons. The van der Waals surface area contributed by atoms with Gasteiger partial charge < -0.3 is 10.2 Å². The van der Waals surface area contributed by atoms with Crippen molar-refractivity contribution in [3.8, 4) is 0 Å². The molecule has 1 heterocycles. The summed E-state index contributed by atoms with van der Waals surface area (Å²) in [6.07, 6.45) is 5.10. The van der Waals surface area contributed by atoms with Crippen LogP contribution in [-0.4, -0.2) is 25.7 Å². The van der Waals surface area contributed by atoms with Gasteiger partial charge in [0.15, 0.2) is 0 Å². The third-order valence-electron chi connectivity index (χ3n) is 4.07. The van der Waals surface area contributed by atoms with E-state index in [1.807, 2.05) is 0 Å². The van der Waals surface area contributed by atoms with Crippen LogP contribution in [0.4, 0.5) is 5.69 Å². The molecule has 1 aromatic rings. The van der Waals surface area contributed by atoms with Crippen molar-refractivity contribution in [3.05, 3.63) is 29.3 Å². The van der Waals surface area contributed by atoms with E-state index >= 15 is 0 Å². The molecule has 0 radical (unpaired) electrons. The number of anilines is 1. The molecule has 1 aliphatic heterocycles. The normalized spacial score (nSPS) is 16.3. The number of hydrogen-bond donors (Lipinski definition) is 1. The minimum absolute atomic E-state index is 0.646. The van der Waals surface area contributed by atoms with Crippen molar-refractivity contribution in [3.63, 3.8) is 0 Å². The smallest absolute Gasteiger partial charge is 0.0398 e. The summed E-state index contributed by atoms with van der Waals surface area (Å²) in [5.74, 6) is 0. The molecule has 0 aliphatic carbocycles. The van der Waals surface area contributed by atoms with Crippen molar-refractivity contribution in [2.24, 2.45) is 0 Å². The van der Waals surface area contributed by atoms with Crippen LogP contribution in [0, 0.1) is 6.92 Å². The van der Waals surface area contributed by atoms with E-state index < -0.39 is 0 Å². The van der Waals surface area contributed by atoms with Gasteiger partial charge in [0.2, 0.25) is 0 Å². The van der Waals surface area contributed by atoms with Crippen LogP contribution >= 0.6 is 0 Å². The fourth-order valence-corrected chi connectivity index (χ4v) is 3.07. The van der Waals surface area contributed by atoms with Crippen LogP contribution in [-0.2, 0) is 6.42 Å². The minimum atomic E-state index is 0.646. The molecule has 1 N–H and O–H groups in total. The average molecular weight is 260 g/mol. The summed E-state index contributed by atoms with van der Waals surface area (Å²) in [7, 11) is 0. The number of aryl methyl sites for hydroxylation is 2. The maximum atomic E-state index is 3.49. The molecule has 19 heavy (non-hydrogen) atoms. The zero-order valence-corrected chi connectivity index (χ0v) is 12.7. The summed E-state index contributed by atoms with van der Waals surface area (Å²) in [4.78, 5) is 2.58. The first kappa shape index (κ1) is 14.4. The van der Waals surface area contributed by atoms with Crippen LogP contribution in [0.25, 0.3) is 0 Å². The quantitative estimate of drug-likeness (QED) is 0.842. The zero-order chi connectivity index (χ0) is 13.7. The van der Waals surface area contributed by atoms with Crippen LogP contribution in [0.15, 0.2) is 18.2 Å². The second-order valence-corrected chi connectivity index (χ2v) is 5.82. The molecule has 0 saturated heterocycles. The molecule has 0 aromatic heterocycles. The number of rotatable bonds is 6. The second kappa shape index (κ2) is 6.95. The van der Waals surface area contributed by atoms with E-state index in [0.29, 0.717) is 6.04 Å². The molecular weight excluding hydrogens is 232 g/mol. The van der Waals surface area contributed by atoms with Crippen molar-refractivity contribution in [2.45, 2.75) is 52.5 Å². The third kappa shape index (κ3) is 3.97. The lowest BCUT2D eigenvalue weighted by Gasteiger charge is -2.32. The van der Waals surface area contributed by atoms with Gasteiger partial charge in [-0.05, 0) is 57.7 Å². The topological polar surface area (TPSA) is 15.3 Å². The van der Waals surface area contributed by atoms with E-state index in [4.69, 9.17) is 0 Å². The molecular formula is C17H28N2.